The van der Waals surface area contributed by atoms with E-state index in [1.165, 1.54) is 16.9 Å². The summed E-state index contributed by atoms with van der Waals surface area (Å²) in [5, 5.41) is 8.79. The number of carbonyl (C=O) groups excluding carboxylic acids is 2. The molecule has 0 saturated carbocycles. The Labute approximate surface area is 231 Å². The number of hydrogen-bond acceptors (Lipinski definition) is 10. The van der Waals surface area contributed by atoms with Crippen molar-refractivity contribution in [3.8, 4) is 16.9 Å². The second-order valence-corrected chi connectivity index (χ2v) is 10.4. The minimum absolute atomic E-state index is 0.00551. The summed E-state index contributed by atoms with van der Waals surface area (Å²) in [6, 6.07) is 11.3. The maximum atomic E-state index is 16.0. The van der Waals surface area contributed by atoms with E-state index in [2.05, 4.69) is 15.2 Å². The Bertz CT molecular complexity index is 1910. The molecule has 3 aromatic heterocycles. The smallest absolute Gasteiger partial charge is 0.269 e. The summed E-state index contributed by atoms with van der Waals surface area (Å²) in [5.41, 5.74) is 13.4. The van der Waals surface area contributed by atoms with Crippen molar-refractivity contribution in [2.24, 2.45) is 5.73 Å². The molecule has 16 heteroatoms. The number of aromatic nitrogens is 4. The van der Waals surface area contributed by atoms with Crippen molar-refractivity contribution in [1.29, 1.82) is 0 Å². The van der Waals surface area contributed by atoms with E-state index < -0.39 is 21.8 Å². The van der Waals surface area contributed by atoms with Crippen LogP contribution in [0.25, 0.3) is 38.8 Å². The molecule has 41 heavy (non-hydrogen) atoms. The normalized spacial score (nSPS) is 13.8. The number of nitrogens with two attached hydrogens (primary N) is 2. The number of hydrogen-bond donors (Lipinski definition) is 3. The summed E-state index contributed by atoms with van der Waals surface area (Å²) in [6.45, 7) is 0.846. The van der Waals surface area contributed by atoms with Crippen LogP contribution in [0.5, 0.6) is 0 Å². The van der Waals surface area contributed by atoms with E-state index in [0.717, 1.165) is 0 Å². The molecule has 6 rings (SSSR count). The van der Waals surface area contributed by atoms with E-state index in [1.807, 2.05) is 0 Å². The van der Waals surface area contributed by atoms with Gasteiger partial charge in [0.05, 0.1) is 41.5 Å². The van der Waals surface area contributed by atoms with E-state index in [4.69, 9.17) is 25.3 Å². The molecule has 0 bridgehead atoms. The minimum Gasteiger partial charge on any atom is -0.380 e. The number of fused-ring (bicyclic) bond motifs is 2. The molecule has 1 fully saturated rings. The predicted molar refractivity (Wildman–Crippen MR) is 145 cm³/mol. The average Bonchev–Trinajstić information content (AvgIpc) is 3.50. The van der Waals surface area contributed by atoms with E-state index in [1.54, 1.807) is 41.3 Å². The lowest BCUT2D eigenvalue weighted by molar-refractivity contribution is -0.125. The molecule has 0 unspecified atom stereocenters. The lowest BCUT2D eigenvalue weighted by atomic mass is 10.1. The highest BCUT2D eigenvalue weighted by Gasteiger charge is 2.24. The number of benzene rings is 2. The highest BCUT2D eigenvalue weighted by Crippen LogP contribution is 2.33. The van der Waals surface area contributed by atoms with E-state index in [0.29, 0.717) is 47.4 Å². The van der Waals surface area contributed by atoms with Gasteiger partial charge in [-0.1, -0.05) is 5.16 Å². The van der Waals surface area contributed by atoms with Crippen LogP contribution in [0.3, 0.4) is 0 Å². The Morgan fingerprint density at radius 1 is 1.12 bits per heavy atom. The maximum Gasteiger partial charge on any atom is 0.269 e. The van der Waals surface area contributed by atoms with Crippen LogP contribution in [0, 0.1) is 5.82 Å². The zero-order valence-electron chi connectivity index (χ0n) is 21.3. The van der Waals surface area contributed by atoms with Gasteiger partial charge in [-0.2, -0.15) is 13.5 Å². The van der Waals surface area contributed by atoms with Gasteiger partial charge in [-0.3, -0.25) is 19.1 Å². The Balaban J connectivity index is 0.000000623. The van der Waals surface area contributed by atoms with Crippen molar-refractivity contribution in [1.82, 2.24) is 19.9 Å². The van der Waals surface area contributed by atoms with Crippen LogP contribution in [0.2, 0.25) is 0 Å². The third kappa shape index (κ3) is 5.56. The average molecular weight is 584 g/mol. The van der Waals surface area contributed by atoms with Gasteiger partial charge in [0.1, 0.15) is 12.1 Å². The summed E-state index contributed by atoms with van der Waals surface area (Å²) >= 11 is 0. The highest BCUT2D eigenvalue weighted by molar-refractivity contribution is 7.85. The summed E-state index contributed by atoms with van der Waals surface area (Å²) in [6.07, 6.45) is 2.23. The second kappa shape index (κ2) is 10.6. The molecular formula is C25H22FN7O7S. The third-order valence-corrected chi connectivity index (χ3v) is 6.06. The molecule has 212 valence electrons. The van der Waals surface area contributed by atoms with Gasteiger partial charge in [0.25, 0.3) is 21.9 Å². The zero-order valence-corrected chi connectivity index (χ0v) is 22.1. The van der Waals surface area contributed by atoms with E-state index >= 15 is 4.39 Å². The Morgan fingerprint density at radius 3 is 2.51 bits per heavy atom. The molecular weight excluding hydrogens is 561 g/mol. The van der Waals surface area contributed by atoms with Gasteiger partial charge in [0, 0.05) is 17.5 Å². The van der Waals surface area contributed by atoms with Gasteiger partial charge in [-0.15, -0.1) is 0 Å². The molecule has 5 aromatic rings. The molecule has 0 aliphatic carbocycles. The monoisotopic (exact) mass is 583 g/mol. The molecule has 4 heterocycles. The largest absolute Gasteiger partial charge is 0.380 e. The van der Waals surface area contributed by atoms with Crippen molar-refractivity contribution >= 4 is 55.3 Å². The predicted octanol–water partition coefficient (Wildman–Crippen LogP) is 1.92. The first-order valence-corrected chi connectivity index (χ1v) is 13.7. The molecule has 5 N–H and O–H groups in total. The molecule has 1 saturated heterocycles. The number of anilines is 2. The van der Waals surface area contributed by atoms with Crippen LogP contribution < -0.4 is 16.4 Å². The summed E-state index contributed by atoms with van der Waals surface area (Å²) in [4.78, 5) is 30.2. The van der Waals surface area contributed by atoms with Crippen molar-refractivity contribution in [2.75, 3.05) is 36.6 Å². The zero-order chi connectivity index (χ0) is 29.5. The highest BCUT2D eigenvalue weighted by atomic mass is 32.2. The molecule has 14 nitrogen and oxygen atoms in total. The number of halogens is 1. The van der Waals surface area contributed by atoms with Crippen molar-refractivity contribution in [3.63, 3.8) is 0 Å². The van der Waals surface area contributed by atoms with E-state index in [9.17, 15) is 18.0 Å². The molecule has 2 amide bonds. The van der Waals surface area contributed by atoms with Crippen molar-refractivity contribution in [3.05, 3.63) is 60.2 Å². The first kappa shape index (κ1) is 27.6. The Hall–Kier alpha value is -4.93. The van der Waals surface area contributed by atoms with Crippen LogP contribution in [-0.4, -0.2) is 70.7 Å². The minimum atomic E-state index is -3.67. The Kier molecular flexibility index (Phi) is 7.12. The Morgan fingerprint density at radius 2 is 1.85 bits per heavy atom. The summed E-state index contributed by atoms with van der Waals surface area (Å²) < 4.78 is 53.5. The maximum absolute atomic E-state index is 16.0. The topological polar surface area (TPSA) is 210 Å². The number of rotatable bonds is 4. The summed E-state index contributed by atoms with van der Waals surface area (Å²) in [7, 11) is -3.67. The van der Waals surface area contributed by atoms with Gasteiger partial charge >= 0.3 is 0 Å². The molecule has 1 aliphatic rings. The second-order valence-electron chi connectivity index (χ2n) is 8.93. The first-order chi connectivity index (χ1) is 19.4. The number of nitrogens with zero attached hydrogens (tertiary/aromatic N) is 5. The van der Waals surface area contributed by atoms with Gasteiger partial charge < -0.3 is 25.6 Å². The molecule has 0 atom stereocenters. The van der Waals surface area contributed by atoms with E-state index in [-0.39, 0.29) is 40.5 Å². The molecule has 0 radical (unpaired) electrons. The fraction of sp³-hybridized carbons (Fsp3) is 0.160. The lowest BCUT2D eigenvalue weighted by Gasteiger charge is -2.26. The third-order valence-electron chi connectivity index (χ3n) is 6.06. The van der Waals surface area contributed by atoms with Crippen LogP contribution in [0.1, 0.15) is 10.5 Å². The molecule has 0 spiro atoms. The van der Waals surface area contributed by atoms with Crippen molar-refractivity contribution in [2.45, 2.75) is 0 Å². The fourth-order valence-corrected chi connectivity index (χ4v) is 4.31. The van der Waals surface area contributed by atoms with Gasteiger partial charge in [-0.05, 0) is 42.5 Å². The number of primary amides is 1. The number of ether oxygens (including phenoxy) is 1. The number of morpholine rings is 1. The number of amides is 2. The summed E-state index contributed by atoms with van der Waals surface area (Å²) in [5.74, 6) is -1.44. The fourth-order valence-electron chi connectivity index (χ4n) is 4.31. The number of nitrogen functional groups attached to an aromatic ring is 1. The van der Waals surface area contributed by atoms with Crippen LogP contribution >= 0.6 is 0 Å². The standard InChI is InChI=1S/C24H18FN7O4.CH4O3S/c25-20-14(17-5-1-13(10-28-17)31-7-8-35-11-19(31)33)3-4-15-21(24(27)34)29-32(22(15)20)12-2-6-18-16(9-12)23(26)30-36-18;1-5(2,3)4/h1-6,9-10H,7-8,11H2,(H2,26,30)(H2,27,34);1H3,(H,2,3,4). The van der Waals surface area contributed by atoms with Gasteiger partial charge in [0.2, 0.25) is 0 Å². The van der Waals surface area contributed by atoms with Crippen molar-refractivity contribution < 1.29 is 36.2 Å². The molecule has 2 aromatic carbocycles. The number of pyridine rings is 1. The van der Waals surface area contributed by atoms with Crippen LogP contribution in [0.4, 0.5) is 15.9 Å². The first-order valence-electron chi connectivity index (χ1n) is 11.9. The van der Waals surface area contributed by atoms with Gasteiger partial charge in [-0.25, -0.2) is 9.07 Å². The number of carbonyl (C=O) groups is 2. The van der Waals surface area contributed by atoms with Crippen LogP contribution in [-0.2, 0) is 19.6 Å². The quantitative estimate of drug-likeness (QED) is 0.260. The van der Waals surface area contributed by atoms with Crippen LogP contribution in [0.15, 0.2) is 53.2 Å². The molecule has 1 aliphatic heterocycles. The van der Waals surface area contributed by atoms with Gasteiger partial charge in [0.15, 0.2) is 22.9 Å². The lowest BCUT2D eigenvalue weighted by Crippen LogP contribution is -2.41. The SMILES string of the molecule is CS(=O)(=O)O.NC(=O)c1nn(-c2ccc3onc(N)c3c2)c2c(F)c(-c3ccc(N4CCOCC4=O)cn3)ccc12.